The molecular weight excluding hydrogens is 474 g/mol. The van der Waals surface area contributed by atoms with Gasteiger partial charge in [-0.3, -0.25) is 0 Å². The van der Waals surface area contributed by atoms with E-state index in [0.717, 1.165) is 32.6 Å². The summed E-state index contributed by atoms with van der Waals surface area (Å²) < 4.78 is 29.3. The molecule has 160 valence electrons. The molecule has 0 radical (unpaired) electrons. The molecule has 0 aliphatic carbocycles. The fourth-order valence-electron chi connectivity index (χ4n) is 3.59. The monoisotopic (exact) mass is 497 g/mol. The molecule has 0 amide bonds. The van der Waals surface area contributed by atoms with Crippen molar-refractivity contribution in [2.45, 2.75) is 24.3 Å². The van der Waals surface area contributed by atoms with E-state index in [1.807, 2.05) is 86.6 Å². The van der Waals surface area contributed by atoms with E-state index in [-0.39, 0.29) is 4.90 Å². The van der Waals surface area contributed by atoms with Crippen molar-refractivity contribution in [3.63, 3.8) is 0 Å². The molecule has 1 aliphatic rings. The number of sulfonamides is 1. The highest BCUT2D eigenvalue weighted by atomic mass is 79.9. The Labute approximate surface area is 192 Å². The predicted octanol–water partition coefficient (Wildman–Crippen LogP) is 5.36. The Morgan fingerprint density at radius 2 is 1.55 bits per heavy atom. The molecule has 31 heavy (non-hydrogen) atoms. The number of anilines is 1. The highest BCUT2D eigenvalue weighted by molar-refractivity contribution is 9.10. The van der Waals surface area contributed by atoms with Crippen molar-refractivity contribution in [2.24, 2.45) is 5.10 Å². The Morgan fingerprint density at radius 3 is 2.13 bits per heavy atom. The van der Waals surface area contributed by atoms with E-state index in [1.165, 1.54) is 4.41 Å². The van der Waals surface area contributed by atoms with E-state index in [2.05, 4.69) is 21.0 Å². The second kappa shape index (κ2) is 8.48. The van der Waals surface area contributed by atoms with Crippen LogP contribution in [0.15, 0.2) is 87.3 Å². The molecule has 1 heterocycles. The molecule has 1 atom stereocenters. The van der Waals surface area contributed by atoms with Crippen molar-refractivity contribution < 1.29 is 8.42 Å². The summed E-state index contributed by atoms with van der Waals surface area (Å²) in [6.45, 7) is 1.94. The third-order valence-electron chi connectivity index (χ3n) is 5.41. The summed E-state index contributed by atoms with van der Waals surface area (Å²) in [5, 5.41) is 4.61. The van der Waals surface area contributed by atoms with Crippen LogP contribution >= 0.6 is 15.9 Å². The minimum Gasteiger partial charge on any atom is -0.378 e. The van der Waals surface area contributed by atoms with E-state index in [9.17, 15) is 8.42 Å². The van der Waals surface area contributed by atoms with Crippen LogP contribution in [0.5, 0.6) is 0 Å². The molecule has 5 nitrogen and oxygen atoms in total. The largest absolute Gasteiger partial charge is 0.378 e. The minimum absolute atomic E-state index is 0.244. The van der Waals surface area contributed by atoms with Gasteiger partial charge in [-0.1, -0.05) is 57.9 Å². The van der Waals surface area contributed by atoms with Gasteiger partial charge in [-0.05, 0) is 54.4 Å². The summed E-state index contributed by atoms with van der Waals surface area (Å²) in [4.78, 5) is 2.26. The lowest BCUT2D eigenvalue weighted by atomic mass is 9.99. The van der Waals surface area contributed by atoms with Gasteiger partial charge in [-0.15, -0.1) is 0 Å². The first-order chi connectivity index (χ1) is 14.8. The highest BCUT2D eigenvalue weighted by Gasteiger charge is 2.37. The van der Waals surface area contributed by atoms with Crippen molar-refractivity contribution in [1.82, 2.24) is 4.41 Å². The summed E-state index contributed by atoms with van der Waals surface area (Å²) in [5.74, 6) is 0. The molecule has 0 saturated carbocycles. The molecule has 0 N–H and O–H groups in total. The Hall–Kier alpha value is -2.64. The van der Waals surface area contributed by atoms with Gasteiger partial charge in [-0.25, -0.2) is 0 Å². The molecule has 4 rings (SSSR count). The highest BCUT2D eigenvalue weighted by Crippen LogP contribution is 2.37. The molecule has 3 aromatic carbocycles. The molecule has 0 bridgehead atoms. The minimum atomic E-state index is -3.80. The number of nitrogens with zero attached hydrogens (tertiary/aromatic N) is 3. The van der Waals surface area contributed by atoms with Gasteiger partial charge in [0.2, 0.25) is 0 Å². The zero-order valence-corrected chi connectivity index (χ0v) is 20.1. The summed E-state index contributed by atoms with van der Waals surface area (Å²) in [6.07, 6.45) is 0.508. The second-order valence-corrected chi connectivity index (χ2v) is 10.6. The number of hydrogen-bond acceptors (Lipinski definition) is 4. The van der Waals surface area contributed by atoms with Crippen LogP contribution in [0.2, 0.25) is 0 Å². The van der Waals surface area contributed by atoms with Gasteiger partial charge >= 0.3 is 0 Å². The van der Waals surface area contributed by atoms with E-state index in [0.29, 0.717) is 6.42 Å². The fourth-order valence-corrected chi connectivity index (χ4v) is 5.29. The fraction of sp³-hybridized carbons (Fsp3) is 0.208. The van der Waals surface area contributed by atoms with Crippen molar-refractivity contribution in [3.05, 3.63) is 94.0 Å². The van der Waals surface area contributed by atoms with Gasteiger partial charge in [-0.2, -0.15) is 17.9 Å². The van der Waals surface area contributed by atoms with E-state index < -0.39 is 16.1 Å². The van der Waals surface area contributed by atoms with Gasteiger partial charge in [0.25, 0.3) is 10.0 Å². The van der Waals surface area contributed by atoms with E-state index in [1.54, 1.807) is 12.1 Å². The van der Waals surface area contributed by atoms with Crippen LogP contribution in [0.25, 0.3) is 0 Å². The first-order valence-electron chi connectivity index (χ1n) is 9.97. The van der Waals surface area contributed by atoms with Crippen LogP contribution in [0.4, 0.5) is 5.69 Å². The van der Waals surface area contributed by atoms with Crippen LogP contribution < -0.4 is 4.90 Å². The second-order valence-electron chi connectivity index (χ2n) is 7.85. The van der Waals surface area contributed by atoms with Gasteiger partial charge in [0, 0.05) is 30.7 Å². The quantitative estimate of drug-likeness (QED) is 0.476. The number of benzene rings is 3. The number of hydrogen-bond donors (Lipinski definition) is 0. The summed E-state index contributed by atoms with van der Waals surface area (Å²) >= 11 is 3.45. The normalized spacial score (nSPS) is 16.3. The number of halogens is 1. The third-order valence-corrected chi connectivity index (χ3v) is 7.63. The summed E-state index contributed by atoms with van der Waals surface area (Å²) in [5.41, 5.74) is 4.65. The SMILES string of the molecule is Cc1ccc(S(=O)(=O)N2N=C(c3ccc(Br)cc3)C[C@H]2c2ccc(N(C)C)cc2)cc1. The van der Waals surface area contributed by atoms with E-state index >= 15 is 0 Å². The Morgan fingerprint density at radius 1 is 0.935 bits per heavy atom. The molecule has 7 heteroatoms. The van der Waals surface area contributed by atoms with Crippen LogP contribution in [0, 0.1) is 6.92 Å². The first-order valence-corrected chi connectivity index (χ1v) is 12.2. The Bertz CT molecular complexity index is 1200. The van der Waals surface area contributed by atoms with E-state index in [4.69, 9.17) is 0 Å². The molecule has 1 aliphatic heterocycles. The maximum atomic E-state index is 13.5. The number of rotatable bonds is 5. The van der Waals surface area contributed by atoms with Crippen molar-refractivity contribution in [3.8, 4) is 0 Å². The van der Waals surface area contributed by atoms with Gasteiger partial charge in [0.15, 0.2) is 0 Å². The van der Waals surface area contributed by atoms with Gasteiger partial charge in [0.1, 0.15) is 0 Å². The average molecular weight is 498 g/mol. The zero-order chi connectivity index (χ0) is 22.2. The van der Waals surface area contributed by atoms with Crippen LogP contribution in [-0.2, 0) is 10.0 Å². The molecule has 0 aromatic heterocycles. The standard InChI is InChI=1S/C24H24BrN3O2S/c1-17-4-14-22(15-5-17)31(29,30)28-24(19-8-12-21(13-9-19)27(2)3)16-23(26-28)18-6-10-20(25)11-7-18/h4-15,24H,16H2,1-3H3/t24-/m0/s1. The molecule has 0 unspecified atom stereocenters. The lowest BCUT2D eigenvalue weighted by Gasteiger charge is -2.24. The van der Waals surface area contributed by atoms with Crippen molar-refractivity contribution in [2.75, 3.05) is 19.0 Å². The van der Waals surface area contributed by atoms with Gasteiger partial charge < -0.3 is 4.90 Å². The molecule has 3 aromatic rings. The number of aryl methyl sites for hydroxylation is 1. The number of hydrazone groups is 1. The lowest BCUT2D eigenvalue weighted by Crippen LogP contribution is -2.27. The molecular formula is C24H24BrN3O2S. The van der Waals surface area contributed by atoms with Crippen molar-refractivity contribution in [1.29, 1.82) is 0 Å². The Kier molecular flexibility index (Phi) is 5.90. The maximum Gasteiger partial charge on any atom is 0.279 e. The molecule has 0 fully saturated rings. The zero-order valence-electron chi connectivity index (χ0n) is 17.7. The third kappa shape index (κ3) is 4.38. The Balaban J connectivity index is 1.77. The van der Waals surface area contributed by atoms with Gasteiger partial charge in [0.05, 0.1) is 16.6 Å². The predicted molar refractivity (Wildman–Crippen MR) is 129 cm³/mol. The van der Waals surface area contributed by atoms with Crippen LogP contribution in [-0.4, -0.2) is 32.6 Å². The maximum absolute atomic E-state index is 13.5. The lowest BCUT2D eigenvalue weighted by molar-refractivity contribution is 0.371. The smallest absolute Gasteiger partial charge is 0.279 e. The average Bonchev–Trinajstić information content (AvgIpc) is 3.21. The topological polar surface area (TPSA) is 53.0 Å². The van der Waals surface area contributed by atoms with Crippen LogP contribution in [0.1, 0.15) is 29.2 Å². The summed E-state index contributed by atoms with van der Waals surface area (Å²) in [6, 6.07) is 22.3. The molecule has 0 saturated heterocycles. The van der Waals surface area contributed by atoms with Crippen molar-refractivity contribution >= 4 is 37.4 Å². The van der Waals surface area contributed by atoms with Crippen LogP contribution in [0.3, 0.4) is 0 Å². The molecule has 0 spiro atoms. The first kappa shape index (κ1) is 21.6. The summed E-state index contributed by atoms with van der Waals surface area (Å²) in [7, 11) is 0.157.